The highest BCUT2D eigenvalue weighted by Gasteiger charge is 2.33. The third kappa shape index (κ3) is 3.41. The quantitative estimate of drug-likeness (QED) is 0.515. The smallest absolute Gasteiger partial charge is 0.377 e. The summed E-state index contributed by atoms with van der Waals surface area (Å²) < 4.78 is 10.0. The molecular weight excluding hydrogens is 212 g/mol. The lowest BCUT2D eigenvalue weighted by atomic mass is 10.2. The maximum Gasteiger partial charge on any atom is 0.377 e. The minimum absolute atomic E-state index is 0.369. The molecule has 0 aliphatic carbocycles. The summed E-state index contributed by atoms with van der Waals surface area (Å²) in [5, 5.41) is 18.3. The monoisotopic (exact) mass is 230 g/mol. The van der Waals surface area contributed by atoms with Gasteiger partial charge < -0.3 is 19.7 Å². The Bertz CT molecular complexity index is 272. The lowest BCUT2D eigenvalue weighted by Crippen LogP contribution is -2.14. The predicted molar refractivity (Wildman–Crippen MR) is 57.1 cm³/mol. The summed E-state index contributed by atoms with van der Waals surface area (Å²) in [6, 6.07) is 0. The molecule has 0 fully saturated rings. The maximum atomic E-state index is 10.8. The zero-order valence-corrected chi connectivity index (χ0v) is 9.44. The van der Waals surface area contributed by atoms with Crippen LogP contribution in [0.2, 0.25) is 0 Å². The van der Waals surface area contributed by atoms with Crippen LogP contribution >= 0.6 is 0 Å². The number of rotatable bonds is 7. The van der Waals surface area contributed by atoms with E-state index in [0.717, 1.165) is 19.3 Å². The number of unbranched alkanes of at least 4 members (excludes halogenated alkanes) is 2. The van der Waals surface area contributed by atoms with Crippen molar-refractivity contribution in [3.05, 3.63) is 11.5 Å². The Morgan fingerprint density at radius 2 is 2.06 bits per heavy atom. The van der Waals surface area contributed by atoms with Crippen LogP contribution < -0.4 is 0 Å². The molecule has 0 saturated carbocycles. The lowest BCUT2D eigenvalue weighted by molar-refractivity contribution is -0.143. The molecule has 1 heterocycles. The highest BCUT2D eigenvalue weighted by molar-refractivity contribution is 5.88. The van der Waals surface area contributed by atoms with Crippen LogP contribution in [-0.2, 0) is 14.3 Å². The molecule has 1 rings (SSSR count). The summed E-state index contributed by atoms with van der Waals surface area (Å²) in [5.74, 6) is -1.94. The molecule has 1 unspecified atom stereocenters. The Kier molecular flexibility index (Phi) is 5.11. The molecule has 5 nitrogen and oxygen atoms in total. The van der Waals surface area contributed by atoms with Gasteiger partial charge in [-0.25, -0.2) is 4.79 Å². The van der Waals surface area contributed by atoms with Crippen LogP contribution in [0, 0.1) is 0 Å². The van der Waals surface area contributed by atoms with Crippen molar-refractivity contribution in [2.45, 2.75) is 38.7 Å². The van der Waals surface area contributed by atoms with E-state index in [1.54, 1.807) is 0 Å². The Labute approximate surface area is 94.7 Å². The van der Waals surface area contributed by atoms with Gasteiger partial charge in [0.25, 0.3) is 0 Å². The van der Waals surface area contributed by atoms with E-state index in [2.05, 4.69) is 6.92 Å². The van der Waals surface area contributed by atoms with Crippen LogP contribution in [0.4, 0.5) is 0 Å². The van der Waals surface area contributed by atoms with Crippen molar-refractivity contribution in [3.8, 4) is 0 Å². The Hall–Kier alpha value is -1.23. The van der Waals surface area contributed by atoms with E-state index >= 15 is 0 Å². The molecule has 0 aromatic rings. The number of cyclic esters (lactones) is 1. The van der Waals surface area contributed by atoms with Crippen molar-refractivity contribution in [3.63, 3.8) is 0 Å². The maximum absolute atomic E-state index is 10.8. The fraction of sp³-hybridized carbons (Fsp3) is 0.727. The van der Waals surface area contributed by atoms with Gasteiger partial charge in [-0.3, -0.25) is 0 Å². The zero-order chi connectivity index (χ0) is 12.0. The number of aliphatic hydroxyl groups is 2. The topological polar surface area (TPSA) is 76.0 Å². The molecule has 0 bridgehead atoms. The number of hydrogen-bond acceptors (Lipinski definition) is 5. The van der Waals surface area contributed by atoms with Crippen LogP contribution in [-0.4, -0.2) is 35.5 Å². The molecule has 2 N–H and O–H groups in total. The molecule has 0 saturated heterocycles. The average molecular weight is 230 g/mol. The Morgan fingerprint density at radius 1 is 1.31 bits per heavy atom. The minimum Gasteiger partial charge on any atom is -0.505 e. The summed E-state index contributed by atoms with van der Waals surface area (Å²) in [6.07, 6.45) is 2.89. The van der Waals surface area contributed by atoms with Gasteiger partial charge in [0.05, 0.1) is 6.61 Å². The van der Waals surface area contributed by atoms with Crippen molar-refractivity contribution in [1.29, 1.82) is 0 Å². The largest absolute Gasteiger partial charge is 0.505 e. The predicted octanol–water partition coefficient (Wildman–Crippen LogP) is 1.84. The molecule has 0 aromatic heterocycles. The van der Waals surface area contributed by atoms with Gasteiger partial charge in [0, 0.05) is 13.0 Å². The van der Waals surface area contributed by atoms with E-state index in [1.807, 2.05) is 0 Å². The van der Waals surface area contributed by atoms with Gasteiger partial charge in [-0.15, -0.1) is 0 Å². The molecule has 1 atom stereocenters. The van der Waals surface area contributed by atoms with Gasteiger partial charge in [0.2, 0.25) is 5.76 Å². The number of carbonyl (C=O) groups is 1. The number of hydrogen-bond donors (Lipinski definition) is 2. The first-order valence-corrected chi connectivity index (χ1v) is 5.57. The Balaban J connectivity index is 2.13. The molecule has 1 aliphatic heterocycles. The standard InChI is InChI=1S/C11H18O5/c1-2-3-4-6-15-7-5-8-9(12)10(13)11(14)16-8/h8,12-13H,2-7H2,1H3. The summed E-state index contributed by atoms with van der Waals surface area (Å²) in [7, 11) is 0. The second-order valence-electron chi connectivity index (χ2n) is 3.74. The molecule has 1 aliphatic rings. The van der Waals surface area contributed by atoms with Gasteiger partial charge in [-0.05, 0) is 6.42 Å². The van der Waals surface area contributed by atoms with Gasteiger partial charge in [-0.1, -0.05) is 19.8 Å². The second-order valence-corrected chi connectivity index (χ2v) is 3.74. The third-order valence-electron chi connectivity index (χ3n) is 2.41. The van der Waals surface area contributed by atoms with Gasteiger partial charge in [-0.2, -0.15) is 0 Å². The van der Waals surface area contributed by atoms with Gasteiger partial charge in [0.15, 0.2) is 11.9 Å². The molecule has 0 aromatic carbocycles. The highest BCUT2D eigenvalue weighted by atomic mass is 16.6. The van der Waals surface area contributed by atoms with E-state index in [1.165, 1.54) is 0 Å². The van der Waals surface area contributed by atoms with E-state index in [4.69, 9.17) is 14.6 Å². The van der Waals surface area contributed by atoms with Crippen molar-refractivity contribution in [2.75, 3.05) is 13.2 Å². The zero-order valence-electron chi connectivity index (χ0n) is 9.44. The SMILES string of the molecule is CCCCCOCCC1OC(=O)C(O)=C1O. The van der Waals surface area contributed by atoms with Crippen LogP contribution in [0.15, 0.2) is 11.5 Å². The molecule has 92 valence electrons. The Morgan fingerprint density at radius 3 is 2.62 bits per heavy atom. The summed E-state index contributed by atoms with van der Waals surface area (Å²) in [5.41, 5.74) is 0. The highest BCUT2D eigenvalue weighted by Crippen LogP contribution is 2.20. The van der Waals surface area contributed by atoms with Gasteiger partial charge in [0.1, 0.15) is 0 Å². The molecule has 0 spiro atoms. The van der Waals surface area contributed by atoms with Crippen molar-refractivity contribution in [2.24, 2.45) is 0 Å². The fourth-order valence-electron chi connectivity index (χ4n) is 1.44. The fourth-order valence-corrected chi connectivity index (χ4v) is 1.44. The molecule has 5 heteroatoms. The summed E-state index contributed by atoms with van der Waals surface area (Å²) >= 11 is 0. The van der Waals surface area contributed by atoms with E-state index < -0.39 is 17.8 Å². The van der Waals surface area contributed by atoms with Crippen LogP contribution in [0.5, 0.6) is 0 Å². The number of aliphatic hydroxyl groups excluding tert-OH is 2. The van der Waals surface area contributed by atoms with Crippen molar-refractivity contribution < 1.29 is 24.5 Å². The summed E-state index contributed by atoms with van der Waals surface area (Å²) in [4.78, 5) is 10.8. The third-order valence-corrected chi connectivity index (χ3v) is 2.41. The van der Waals surface area contributed by atoms with Crippen LogP contribution in [0.25, 0.3) is 0 Å². The van der Waals surface area contributed by atoms with Crippen molar-refractivity contribution in [1.82, 2.24) is 0 Å². The van der Waals surface area contributed by atoms with Crippen LogP contribution in [0.1, 0.15) is 32.6 Å². The first-order chi connectivity index (χ1) is 7.66. The number of esters is 1. The van der Waals surface area contributed by atoms with Crippen molar-refractivity contribution >= 4 is 5.97 Å². The normalized spacial score (nSPS) is 20.3. The molecule has 0 radical (unpaired) electrons. The number of ether oxygens (including phenoxy) is 2. The first-order valence-electron chi connectivity index (χ1n) is 5.57. The van der Waals surface area contributed by atoms with Crippen LogP contribution in [0.3, 0.4) is 0 Å². The van der Waals surface area contributed by atoms with Gasteiger partial charge >= 0.3 is 5.97 Å². The summed E-state index contributed by atoms with van der Waals surface area (Å²) in [6.45, 7) is 3.19. The lowest BCUT2D eigenvalue weighted by Gasteiger charge is -2.09. The first kappa shape index (κ1) is 12.8. The average Bonchev–Trinajstić information content (AvgIpc) is 2.51. The molecule has 0 amide bonds. The number of carbonyl (C=O) groups excluding carboxylic acids is 1. The minimum atomic E-state index is -0.867. The van der Waals surface area contributed by atoms with E-state index in [9.17, 15) is 9.90 Å². The molecular formula is C11H18O5. The second kappa shape index (κ2) is 6.37. The molecule has 16 heavy (non-hydrogen) atoms. The van der Waals surface area contributed by atoms with E-state index in [0.29, 0.717) is 19.6 Å². The van der Waals surface area contributed by atoms with E-state index in [-0.39, 0.29) is 5.76 Å².